The van der Waals surface area contributed by atoms with Crippen LogP contribution in [0.2, 0.25) is 0 Å². The van der Waals surface area contributed by atoms with Crippen molar-refractivity contribution in [2.75, 3.05) is 39.4 Å². The maximum atomic E-state index is 11.6. The first kappa shape index (κ1) is 14.4. The van der Waals surface area contributed by atoms with E-state index in [1.807, 2.05) is 0 Å². The van der Waals surface area contributed by atoms with Crippen LogP contribution < -0.4 is 5.32 Å². The Kier molecular flexibility index (Phi) is 6.47. The minimum Gasteiger partial charge on any atom is -0.390 e. The zero-order valence-corrected chi connectivity index (χ0v) is 10.8. The summed E-state index contributed by atoms with van der Waals surface area (Å²) in [7, 11) is 0. The Morgan fingerprint density at radius 3 is 2.88 bits per heavy atom. The van der Waals surface area contributed by atoms with Crippen LogP contribution in [0.3, 0.4) is 0 Å². The minimum atomic E-state index is -0.504. The fourth-order valence-corrected chi connectivity index (χ4v) is 1.77. The van der Waals surface area contributed by atoms with E-state index in [4.69, 9.17) is 4.74 Å². The number of nitrogens with one attached hydrogen (secondary N) is 1. The standard InChI is InChI=1S/C12H24N2O3/c1-10(2)7-13-8-11(15)9-14-4-6-17-5-3-12(14)16/h10-11,13,15H,3-9H2,1-2H3. The van der Waals surface area contributed by atoms with Crippen LogP contribution in [0.1, 0.15) is 20.3 Å². The van der Waals surface area contributed by atoms with Crippen molar-refractivity contribution in [3.63, 3.8) is 0 Å². The molecule has 1 heterocycles. The Bertz CT molecular complexity index is 234. The Morgan fingerprint density at radius 2 is 2.18 bits per heavy atom. The normalized spacial score (nSPS) is 19.5. The van der Waals surface area contributed by atoms with Gasteiger partial charge in [0.1, 0.15) is 0 Å². The summed E-state index contributed by atoms with van der Waals surface area (Å²) < 4.78 is 5.23. The van der Waals surface area contributed by atoms with E-state index in [9.17, 15) is 9.90 Å². The average Bonchev–Trinajstić information content (AvgIpc) is 2.44. The molecule has 0 radical (unpaired) electrons. The van der Waals surface area contributed by atoms with Gasteiger partial charge in [0.05, 0.1) is 25.7 Å². The van der Waals surface area contributed by atoms with Crippen LogP contribution in [-0.2, 0) is 9.53 Å². The maximum absolute atomic E-state index is 11.6. The molecule has 1 aliphatic rings. The third-order valence-corrected chi connectivity index (χ3v) is 2.68. The molecule has 0 spiro atoms. The van der Waals surface area contributed by atoms with E-state index in [0.29, 0.717) is 45.2 Å². The third-order valence-electron chi connectivity index (χ3n) is 2.68. The number of hydrogen-bond acceptors (Lipinski definition) is 4. The van der Waals surface area contributed by atoms with Crippen LogP contribution in [0, 0.1) is 5.92 Å². The Morgan fingerprint density at radius 1 is 1.41 bits per heavy atom. The lowest BCUT2D eigenvalue weighted by Crippen LogP contribution is -2.42. The van der Waals surface area contributed by atoms with Crippen LogP contribution in [0.4, 0.5) is 0 Å². The first-order valence-corrected chi connectivity index (χ1v) is 6.34. The highest BCUT2D eigenvalue weighted by Crippen LogP contribution is 2.02. The zero-order valence-electron chi connectivity index (χ0n) is 10.8. The SMILES string of the molecule is CC(C)CNCC(O)CN1CCOCCC1=O. The largest absolute Gasteiger partial charge is 0.390 e. The zero-order chi connectivity index (χ0) is 12.7. The van der Waals surface area contributed by atoms with Crippen molar-refractivity contribution in [2.24, 2.45) is 5.92 Å². The summed E-state index contributed by atoms with van der Waals surface area (Å²) in [4.78, 5) is 13.3. The number of ether oxygens (including phenoxy) is 1. The number of amides is 1. The van der Waals surface area contributed by atoms with Crippen LogP contribution in [-0.4, -0.2) is 61.4 Å². The monoisotopic (exact) mass is 244 g/mol. The van der Waals surface area contributed by atoms with Crippen LogP contribution in [0.15, 0.2) is 0 Å². The van der Waals surface area contributed by atoms with Crippen LogP contribution in [0.25, 0.3) is 0 Å². The maximum Gasteiger partial charge on any atom is 0.225 e. The van der Waals surface area contributed by atoms with Crippen LogP contribution >= 0.6 is 0 Å². The van der Waals surface area contributed by atoms with Gasteiger partial charge in [0.2, 0.25) is 5.91 Å². The predicted octanol–water partition coefficient (Wildman–Crippen LogP) is -0.158. The number of carbonyl (C=O) groups excluding carboxylic acids is 1. The number of carbonyl (C=O) groups is 1. The molecule has 1 atom stereocenters. The number of aliphatic hydroxyl groups excluding tert-OH is 1. The molecule has 0 saturated carbocycles. The van der Waals surface area contributed by atoms with Crippen LogP contribution in [0.5, 0.6) is 0 Å². The van der Waals surface area contributed by atoms with E-state index in [1.165, 1.54) is 0 Å². The lowest BCUT2D eigenvalue weighted by molar-refractivity contribution is -0.131. The Hall–Kier alpha value is -0.650. The van der Waals surface area contributed by atoms with Crippen molar-refractivity contribution in [1.82, 2.24) is 10.2 Å². The van der Waals surface area contributed by atoms with Gasteiger partial charge in [0, 0.05) is 19.6 Å². The molecule has 1 aliphatic heterocycles. The van der Waals surface area contributed by atoms with Crippen molar-refractivity contribution in [3.05, 3.63) is 0 Å². The summed E-state index contributed by atoms with van der Waals surface area (Å²) in [5.74, 6) is 0.640. The Labute approximate surface area is 103 Å². The molecule has 1 rings (SSSR count). The van der Waals surface area contributed by atoms with Gasteiger partial charge in [-0.25, -0.2) is 0 Å². The van der Waals surface area contributed by atoms with Gasteiger partial charge in [-0.05, 0) is 12.5 Å². The first-order chi connectivity index (χ1) is 8.09. The summed E-state index contributed by atoms with van der Waals surface area (Å²) in [6.07, 6.45) is -0.0811. The van der Waals surface area contributed by atoms with Crippen molar-refractivity contribution in [1.29, 1.82) is 0 Å². The topological polar surface area (TPSA) is 61.8 Å². The molecule has 1 saturated heterocycles. The second-order valence-corrected chi connectivity index (χ2v) is 4.91. The van der Waals surface area contributed by atoms with Crippen molar-refractivity contribution < 1.29 is 14.6 Å². The van der Waals surface area contributed by atoms with Gasteiger partial charge in [0.25, 0.3) is 0 Å². The molecule has 17 heavy (non-hydrogen) atoms. The van der Waals surface area contributed by atoms with Gasteiger partial charge < -0.3 is 20.1 Å². The molecular weight excluding hydrogens is 220 g/mol. The van der Waals surface area contributed by atoms with E-state index in [0.717, 1.165) is 6.54 Å². The molecule has 1 unspecified atom stereocenters. The highest BCUT2D eigenvalue weighted by Gasteiger charge is 2.19. The Balaban J connectivity index is 2.23. The molecule has 0 aromatic rings. The highest BCUT2D eigenvalue weighted by molar-refractivity contribution is 5.76. The quantitative estimate of drug-likeness (QED) is 0.682. The smallest absolute Gasteiger partial charge is 0.225 e. The van der Waals surface area contributed by atoms with Gasteiger partial charge in [-0.2, -0.15) is 0 Å². The lowest BCUT2D eigenvalue weighted by Gasteiger charge is -2.23. The van der Waals surface area contributed by atoms with Gasteiger partial charge in [-0.15, -0.1) is 0 Å². The van der Waals surface area contributed by atoms with Gasteiger partial charge in [-0.3, -0.25) is 4.79 Å². The molecular formula is C12H24N2O3. The molecule has 0 bridgehead atoms. The van der Waals surface area contributed by atoms with Gasteiger partial charge in [-0.1, -0.05) is 13.8 Å². The van der Waals surface area contributed by atoms with Gasteiger partial charge in [0.15, 0.2) is 0 Å². The summed E-state index contributed by atoms with van der Waals surface area (Å²) in [5, 5.41) is 13.0. The molecule has 1 fully saturated rings. The second-order valence-electron chi connectivity index (χ2n) is 4.91. The molecule has 0 aliphatic carbocycles. The number of β-amino-alcohol motifs (C(OH)–C–C–N with tert-alkyl or cyclic N) is 1. The molecule has 2 N–H and O–H groups in total. The molecule has 5 heteroatoms. The van der Waals surface area contributed by atoms with E-state index in [-0.39, 0.29) is 5.91 Å². The van der Waals surface area contributed by atoms with E-state index >= 15 is 0 Å². The number of nitrogens with zero attached hydrogens (tertiary/aromatic N) is 1. The number of hydrogen-bond donors (Lipinski definition) is 2. The van der Waals surface area contributed by atoms with E-state index in [1.54, 1.807) is 4.90 Å². The highest BCUT2D eigenvalue weighted by atomic mass is 16.5. The van der Waals surface area contributed by atoms with E-state index < -0.39 is 6.10 Å². The van der Waals surface area contributed by atoms with Crippen molar-refractivity contribution >= 4 is 5.91 Å². The average molecular weight is 244 g/mol. The molecule has 1 amide bonds. The van der Waals surface area contributed by atoms with Gasteiger partial charge >= 0.3 is 0 Å². The fraction of sp³-hybridized carbons (Fsp3) is 0.917. The molecule has 5 nitrogen and oxygen atoms in total. The second kappa shape index (κ2) is 7.63. The van der Waals surface area contributed by atoms with Crippen molar-refractivity contribution in [3.8, 4) is 0 Å². The number of rotatable bonds is 6. The fourth-order valence-electron chi connectivity index (χ4n) is 1.77. The third kappa shape index (κ3) is 6.00. The lowest BCUT2D eigenvalue weighted by atomic mass is 10.2. The minimum absolute atomic E-state index is 0.0745. The summed E-state index contributed by atoms with van der Waals surface area (Å²) in [6.45, 7) is 7.70. The number of aliphatic hydroxyl groups is 1. The molecule has 0 aromatic heterocycles. The predicted molar refractivity (Wildman–Crippen MR) is 65.7 cm³/mol. The molecule has 100 valence electrons. The summed E-state index contributed by atoms with van der Waals surface area (Å²) in [6, 6.07) is 0. The van der Waals surface area contributed by atoms with E-state index in [2.05, 4.69) is 19.2 Å². The molecule has 0 aromatic carbocycles. The van der Waals surface area contributed by atoms with Crippen molar-refractivity contribution in [2.45, 2.75) is 26.4 Å². The first-order valence-electron chi connectivity index (χ1n) is 6.34. The summed E-state index contributed by atoms with van der Waals surface area (Å²) >= 11 is 0. The summed E-state index contributed by atoms with van der Waals surface area (Å²) in [5.41, 5.74) is 0.